The molecule has 1 aromatic heterocycles. The molecule has 108 valence electrons. The lowest BCUT2D eigenvalue weighted by Crippen LogP contribution is -2.30. The van der Waals surface area contributed by atoms with Crippen molar-refractivity contribution in [2.24, 2.45) is 0 Å². The first-order valence-electron chi connectivity index (χ1n) is 5.98. The van der Waals surface area contributed by atoms with Crippen LogP contribution in [0.2, 0.25) is 0 Å². The molecule has 0 saturated carbocycles. The van der Waals surface area contributed by atoms with Crippen molar-refractivity contribution in [2.45, 2.75) is 11.8 Å². The van der Waals surface area contributed by atoms with E-state index in [1.54, 1.807) is 6.26 Å². The summed E-state index contributed by atoms with van der Waals surface area (Å²) in [5.41, 5.74) is 0.717. The molecule has 7 nitrogen and oxygen atoms in total. The predicted molar refractivity (Wildman–Crippen MR) is 74.9 cm³/mol. The number of nitrogens with zero attached hydrogens (tertiary/aromatic N) is 2. The number of amides is 1. The summed E-state index contributed by atoms with van der Waals surface area (Å²) in [6.07, 6.45) is 1.80. The van der Waals surface area contributed by atoms with E-state index in [4.69, 9.17) is 4.65 Å². The summed E-state index contributed by atoms with van der Waals surface area (Å²) in [5, 5.41) is 18.9. The molecule has 0 bridgehead atoms. The molecule has 0 atom stereocenters. The number of fused-ring (bicyclic) bond motifs is 1. The van der Waals surface area contributed by atoms with Gasteiger partial charge in [-0.2, -0.15) is 4.98 Å². The molecule has 0 spiro atoms. The van der Waals surface area contributed by atoms with Crippen molar-refractivity contribution in [3.63, 3.8) is 0 Å². The van der Waals surface area contributed by atoms with Crippen molar-refractivity contribution < 1.29 is 18.9 Å². The molecule has 1 aliphatic heterocycles. The van der Waals surface area contributed by atoms with Crippen LogP contribution >= 0.6 is 11.8 Å². The van der Waals surface area contributed by atoms with Crippen molar-refractivity contribution in [3.05, 3.63) is 29.1 Å². The number of halogens is 1. The fourth-order valence-corrected chi connectivity index (χ4v) is 2.30. The van der Waals surface area contributed by atoms with Gasteiger partial charge >= 0.3 is 7.12 Å². The van der Waals surface area contributed by atoms with Crippen molar-refractivity contribution in [1.29, 1.82) is 0 Å². The summed E-state index contributed by atoms with van der Waals surface area (Å²) in [5.74, 6) is -1.33. The minimum atomic E-state index is -1.14. The van der Waals surface area contributed by atoms with E-state index in [1.165, 1.54) is 23.9 Å². The zero-order valence-electron chi connectivity index (χ0n) is 10.9. The second-order valence-corrected chi connectivity index (χ2v) is 5.11. The monoisotopic (exact) mass is 308 g/mol. The molecule has 0 radical (unpaired) electrons. The average Bonchev–Trinajstić information content (AvgIpc) is 3.05. The van der Waals surface area contributed by atoms with Crippen LogP contribution in [0.15, 0.2) is 17.3 Å². The minimum Gasteiger partial charge on any atom is -0.423 e. The van der Waals surface area contributed by atoms with Gasteiger partial charge in [0.25, 0.3) is 5.91 Å². The Labute approximate surface area is 123 Å². The standard InChI is InChI=1S/C11H10BFN4O3S/c1-21-11-15-10(16-17-11)14-9(18)6-3-7-5(2-8(6)13)4-20-12(7)19/h2-3,19H,4H2,1H3,(H2,14,15,16,17,18). The van der Waals surface area contributed by atoms with E-state index in [2.05, 4.69) is 20.5 Å². The second kappa shape index (κ2) is 5.47. The Kier molecular flexibility index (Phi) is 3.66. The molecule has 0 unspecified atom stereocenters. The number of hydrogen-bond acceptors (Lipinski definition) is 6. The van der Waals surface area contributed by atoms with Crippen LogP contribution in [0.25, 0.3) is 0 Å². The first-order chi connectivity index (χ1) is 10.1. The number of thioether (sulfide) groups is 1. The topological polar surface area (TPSA) is 100 Å². The molecular formula is C11H10BFN4O3S. The Morgan fingerprint density at radius 3 is 3.14 bits per heavy atom. The van der Waals surface area contributed by atoms with Crippen LogP contribution in [-0.4, -0.2) is 39.5 Å². The number of carbonyl (C=O) groups excluding carboxylic acids is 1. The largest absolute Gasteiger partial charge is 0.491 e. The maximum atomic E-state index is 13.9. The van der Waals surface area contributed by atoms with Gasteiger partial charge in [-0.05, 0) is 29.4 Å². The Hall–Kier alpha value is -1.91. The molecule has 1 aliphatic rings. The summed E-state index contributed by atoms with van der Waals surface area (Å²) in [7, 11) is -1.14. The van der Waals surface area contributed by atoms with Crippen LogP contribution < -0.4 is 10.8 Å². The summed E-state index contributed by atoms with van der Waals surface area (Å²) >= 11 is 1.33. The molecule has 0 aliphatic carbocycles. The zero-order valence-corrected chi connectivity index (χ0v) is 11.7. The van der Waals surface area contributed by atoms with Gasteiger partial charge in [-0.3, -0.25) is 15.2 Å². The van der Waals surface area contributed by atoms with Gasteiger partial charge in [-0.1, -0.05) is 11.8 Å². The first kappa shape index (κ1) is 14.0. The van der Waals surface area contributed by atoms with E-state index in [9.17, 15) is 14.2 Å². The number of aromatic nitrogens is 3. The number of anilines is 1. The maximum absolute atomic E-state index is 13.9. The quantitative estimate of drug-likeness (QED) is 0.551. The Morgan fingerprint density at radius 1 is 1.62 bits per heavy atom. The van der Waals surface area contributed by atoms with Gasteiger partial charge in [-0.15, -0.1) is 5.10 Å². The lowest BCUT2D eigenvalue weighted by Gasteiger charge is -2.06. The smallest absolute Gasteiger partial charge is 0.423 e. The molecule has 10 heteroatoms. The fourth-order valence-electron chi connectivity index (χ4n) is 1.98. The first-order valence-corrected chi connectivity index (χ1v) is 7.20. The highest BCUT2D eigenvalue weighted by atomic mass is 32.2. The van der Waals surface area contributed by atoms with Crippen LogP contribution in [0.5, 0.6) is 0 Å². The highest BCUT2D eigenvalue weighted by Gasteiger charge is 2.30. The van der Waals surface area contributed by atoms with Gasteiger partial charge in [0.05, 0.1) is 12.2 Å². The molecule has 0 fully saturated rings. The number of H-pyrrole nitrogens is 1. The van der Waals surface area contributed by atoms with Crippen molar-refractivity contribution in [1.82, 2.24) is 15.2 Å². The summed E-state index contributed by atoms with van der Waals surface area (Å²) in [6.45, 7) is 0.118. The van der Waals surface area contributed by atoms with Crippen LogP contribution in [0.4, 0.5) is 10.3 Å². The van der Waals surface area contributed by atoms with Crippen LogP contribution in [0, 0.1) is 5.82 Å². The zero-order chi connectivity index (χ0) is 15.0. The van der Waals surface area contributed by atoms with Crippen LogP contribution in [-0.2, 0) is 11.3 Å². The highest BCUT2D eigenvalue weighted by molar-refractivity contribution is 7.98. The summed E-state index contributed by atoms with van der Waals surface area (Å²) < 4.78 is 18.9. The van der Waals surface area contributed by atoms with Gasteiger partial charge in [0.15, 0.2) is 5.16 Å². The molecule has 0 saturated heterocycles. The predicted octanol–water partition coefficient (Wildman–Crippen LogP) is 0.136. The molecule has 3 rings (SSSR count). The third-order valence-corrected chi connectivity index (χ3v) is 3.59. The molecule has 21 heavy (non-hydrogen) atoms. The molecule has 1 amide bonds. The average molecular weight is 308 g/mol. The number of aromatic amines is 1. The SMILES string of the molecule is CSc1nc(NC(=O)c2cc3c(cc2F)COB3O)n[nH]1. The van der Waals surface area contributed by atoms with Crippen molar-refractivity contribution in [3.8, 4) is 0 Å². The Balaban J connectivity index is 1.86. The molecule has 3 N–H and O–H groups in total. The fraction of sp³-hybridized carbons (Fsp3) is 0.182. The molecule has 2 aromatic rings. The second-order valence-electron chi connectivity index (χ2n) is 4.32. The van der Waals surface area contributed by atoms with E-state index in [-0.39, 0.29) is 18.1 Å². The summed E-state index contributed by atoms with van der Waals surface area (Å²) in [6, 6.07) is 2.46. The van der Waals surface area contributed by atoms with Gasteiger partial charge in [0.2, 0.25) is 5.95 Å². The lowest BCUT2D eigenvalue weighted by atomic mass is 9.78. The van der Waals surface area contributed by atoms with Gasteiger partial charge in [-0.25, -0.2) is 4.39 Å². The normalized spacial score (nSPS) is 13.4. The lowest BCUT2D eigenvalue weighted by molar-refractivity contribution is 0.102. The van der Waals surface area contributed by atoms with E-state index >= 15 is 0 Å². The Bertz CT molecular complexity index is 711. The van der Waals surface area contributed by atoms with Crippen molar-refractivity contribution >= 4 is 36.2 Å². The molecular weight excluding hydrogens is 298 g/mol. The van der Waals surface area contributed by atoms with E-state index < -0.39 is 18.8 Å². The number of rotatable bonds is 3. The number of carbonyl (C=O) groups is 1. The van der Waals surface area contributed by atoms with E-state index in [0.717, 1.165) is 0 Å². The van der Waals surface area contributed by atoms with Crippen LogP contribution in [0.3, 0.4) is 0 Å². The van der Waals surface area contributed by atoms with Gasteiger partial charge in [0.1, 0.15) is 5.82 Å². The maximum Gasteiger partial charge on any atom is 0.491 e. The van der Waals surface area contributed by atoms with Gasteiger partial charge < -0.3 is 9.68 Å². The van der Waals surface area contributed by atoms with E-state index in [1.807, 2.05) is 0 Å². The van der Waals surface area contributed by atoms with E-state index in [0.29, 0.717) is 16.2 Å². The van der Waals surface area contributed by atoms with Gasteiger partial charge in [0, 0.05) is 0 Å². The minimum absolute atomic E-state index is 0.0565. The third-order valence-electron chi connectivity index (χ3n) is 3.02. The number of benzene rings is 1. The number of nitrogens with one attached hydrogen (secondary N) is 2. The van der Waals surface area contributed by atoms with Crippen molar-refractivity contribution in [2.75, 3.05) is 11.6 Å². The highest BCUT2D eigenvalue weighted by Crippen LogP contribution is 2.17. The van der Waals surface area contributed by atoms with Crippen LogP contribution in [0.1, 0.15) is 15.9 Å². The third kappa shape index (κ3) is 2.65. The molecule has 1 aromatic carbocycles. The summed E-state index contributed by atoms with van der Waals surface area (Å²) in [4.78, 5) is 16.0. The molecule has 2 heterocycles. The Morgan fingerprint density at radius 2 is 2.43 bits per heavy atom. The number of hydrogen-bond donors (Lipinski definition) is 3.